The average Bonchev–Trinajstić information content (AvgIpc) is 3.60. The van der Waals surface area contributed by atoms with Crippen molar-refractivity contribution in [2.45, 2.75) is 84.0 Å². The molecule has 6 rings (SSSR count). The van der Waals surface area contributed by atoms with Crippen LogP contribution < -0.4 is 0 Å². The molecule has 1 aliphatic carbocycles. The first-order valence-corrected chi connectivity index (χ1v) is 15.2. The zero-order valence-electron chi connectivity index (χ0n) is 20.5. The summed E-state index contributed by atoms with van der Waals surface area (Å²) in [6.07, 6.45) is 16.5. The summed E-state index contributed by atoms with van der Waals surface area (Å²) in [4.78, 5) is 3.12. The van der Waals surface area contributed by atoms with Crippen molar-refractivity contribution in [3.63, 3.8) is 0 Å². The number of hydrogen-bond acceptors (Lipinski definition) is 2. The van der Waals surface area contributed by atoms with Crippen molar-refractivity contribution in [3.05, 3.63) is 58.3 Å². The van der Waals surface area contributed by atoms with Crippen LogP contribution in [0.15, 0.2) is 48.5 Å². The topological polar surface area (TPSA) is 0 Å². The highest BCUT2D eigenvalue weighted by Crippen LogP contribution is 2.39. The van der Waals surface area contributed by atoms with E-state index in [1.54, 1.807) is 9.75 Å². The first kappa shape index (κ1) is 22.6. The van der Waals surface area contributed by atoms with Crippen LogP contribution in [0, 0.1) is 5.92 Å². The van der Waals surface area contributed by atoms with E-state index in [1.807, 2.05) is 22.7 Å². The van der Waals surface area contributed by atoms with E-state index in [9.17, 15) is 0 Å². The number of unbranched alkanes of at least 4 members (excludes halogenated alkanes) is 3. The number of benzene rings is 3. The van der Waals surface area contributed by atoms with Crippen molar-refractivity contribution in [1.82, 2.24) is 0 Å². The molecular formula is C32H36S2. The predicted molar refractivity (Wildman–Crippen MR) is 155 cm³/mol. The van der Waals surface area contributed by atoms with Gasteiger partial charge >= 0.3 is 0 Å². The van der Waals surface area contributed by atoms with Crippen LogP contribution in [0.4, 0.5) is 0 Å². The number of aryl methyl sites for hydroxylation is 2. The molecule has 1 saturated carbocycles. The van der Waals surface area contributed by atoms with E-state index >= 15 is 0 Å². The Balaban J connectivity index is 1.30. The summed E-state index contributed by atoms with van der Waals surface area (Å²) in [5, 5.41) is 8.51. The van der Waals surface area contributed by atoms with Crippen molar-refractivity contribution < 1.29 is 0 Å². The van der Waals surface area contributed by atoms with E-state index in [2.05, 4.69) is 55.5 Å². The molecule has 0 saturated heterocycles. The average molecular weight is 485 g/mol. The van der Waals surface area contributed by atoms with Crippen LogP contribution in [0.2, 0.25) is 0 Å². The zero-order chi connectivity index (χ0) is 22.9. The van der Waals surface area contributed by atoms with Gasteiger partial charge in [0.05, 0.1) is 0 Å². The molecule has 0 bridgehead atoms. The Morgan fingerprint density at radius 1 is 0.647 bits per heavy atom. The van der Waals surface area contributed by atoms with Crippen LogP contribution in [-0.4, -0.2) is 0 Å². The van der Waals surface area contributed by atoms with E-state index in [-0.39, 0.29) is 0 Å². The second-order valence-corrected chi connectivity index (χ2v) is 12.8. The number of hydrogen-bond donors (Lipinski definition) is 0. The highest BCUT2D eigenvalue weighted by molar-refractivity contribution is 7.20. The van der Waals surface area contributed by atoms with E-state index < -0.39 is 0 Å². The molecule has 0 unspecified atom stereocenters. The molecular weight excluding hydrogens is 448 g/mol. The van der Waals surface area contributed by atoms with Gasteiger partial charge < -0.3 is 0 Å². The van der Waals surface area contributed by atoms with Gasteiger partial charge in [0.15, 0.2) is 0 Å². The van der Waals surface area contributed by atoms with Crippen molar-refractivity contribution in [3.8, 4) is 0 Å². The van der Waals surface area contributed by atoms with Gasteiger partial charge in [-0.15, -0.1) is 22.7 Å². The molecule has 0 N–H and O–H groups in total. The quantitative estimate of drug-likeness (QED) is 0.144. The van der Waals surface area contributed by atoms with E-state index in [4.69, 9.17) is 0 Å². The fourth-order valence-corrected chi connectivity index (χ4v) is 8.54. The first-order chi connectivity index (χ1) is 16.8. The summed E-state index contributed by atoms with van der Waals surface area (Å²) < 4.78 is 2.96. The SMILES string of the molecule is CCCCCCc1cc2ccc3cc4c(ccc5cc(CCCC6CCCC6)sc54)cc3c2s1. The summed E-state index contributed by atoms with van der Waals surface area (Å²) in [5.41, 5.74) is 0. The Morgan fingerprint density at radius 3 is 1.79 bits per heavy atom. The smallest absolute Gasteiger partial charge is 0.0424 e. The maximum Gasteiger partial charge on any atom is 0.0424 e. The molecule has 5 aromatic rings. The highest BCUT2D eigenvalue weighted by atomic mass is 32.1. The minimum Gasteiger partial charge on any atom is -0.140 e. The third kappa shape index (κ3) is 4.52. The molecule has 0 spiro atoms. The summed E-state index contributed by atoms with van der Waals surface area (Å²) in [5.74, 6) is 1.01. The third-order valence-corrected chi connectivity index (χ3v) is 10.5. The molecule has 2 aromatic heterocycles. The standard InChI is InChI=1S/C32H36S2/c1-2-3-4-5-12-27-18-25-16-14-23-21-30-24(20-29(23)31(25)33-27)15-17-26-19-28(34-32(26)30)13-8-11-22-9-6-7-10-22/h14-22H,2-13H2,1H3. The molecule has 2 heteroatoms. The number of thiophene rings is 2. The molecule has 0 nitrogen and oxygen atoms in total. The van der Waals surface area contributed by atoms with Crippen LogP contribution in [0.1, 0.15) is 80.9 Å². The van der Waals surface area contributed by atoms with Crippen molar-refractivity contribution >= 4 is 64.4 Å². The number of rotatable bonds is 9. The lowest BCUT2D eigenvalue weighted by Crippen LogP contribution is -1.93. The van der Waals surface area contributed by atoms with E-state index in [0.29, 0.717) is 0 Å². The Kier molecular flexibility index (Phi) is 6.63. The lowest BCUT2D eigenvalue weighted by atomic mass is 10.00. The van der Waals surface area contributed by atoms with Gasteiger partial charge in [-0.3, -0.25) is 0 Å². The molecule has 2 heterocycles. The minimum atomic E-state index is 1.01. The third-order valence-electron chi connectivity index (χ3n) is 8.01. The Labute approximate surface area is 212 Å². The molecule has 0 radical (unpaired) electrons. The predicted octanol–water partition coefficient (Wildman–Crippen LogP) is 11.1. The summed E-state index contributed by atoms with van der Waals surface area (Å²) >= 11 is 4.06. The first-order valence-electron chi connectivity index (χ1n) is 13.6. The van der Waals surface area contributed by atoms with Crippen molar-refractivity contribution in [2.75, 3.05) is 0 Å². The van der Waals surface area contributed by atoms with Gasteiger partial charge in [-0.2, -0.15) is 0 Å². The van der Waals surface area contributed by atoms with Crippen LogP contribution >= 0.6 is 22.7 Å². The maximum absolute atomic E-state index is 2.46. The maximum atomic E-state index is 2.46. The van der Waals surface area contributed by atoms with Crippen LogP contribution in [-0.2, 0) is 12.8 Å². The minimum absolute atomic E-state index is 1.01. The second-order valence-electron chi connectivity index (χ2n) is 10.5. The number of fused-ring (bicyclic) bond motifs is 6. The van der Waals surface area contributed by atoms with Gasteiger partial charge in [0.1, 0.15) is 0 Å². The van der Waals surface area contributed by atoms with Gasteiger partial charge in [0, 0.05) is 29.9 Å². The molecule has 176 valence electrons. The van der Waals surface area contributed by atoms with Gasteiger partial charge in [0.25, 0.3) is 0 Å². The molecule has 0 aliphatic heterocycles. The fraction of sp³-hybridized carbons (Fsp3) is 0.438. The fourth-order valence-electron chi connectivity index (χ4n) is 6.08. The largest absolute Gasteiger partial charge is 0.140 e. The Morgan fingerprint density at radius 2 is 1.21 bits per heavy atom. The molecule has 0 amide bonds. The lowest BCUT2D eigenvalue weighted by Gasteiger charge is -2.06. The second kappa shape index (κ2) is 9.99. The summed E-state index contributed by atoms with van der Waals surface area (Å²) in [6.45, 7) is 2.29. The molecule has 34 heavy (non-hydrogen) atoms. The van der Waals surface area contributed by atoms with Gasteiger partial charge in [-0.1, -0.05) is 82.6 Å². The van der Waals surface area contributed by atoms with Crippen LogP contribution in [0.5, 0.6) is 0 Å². The summed E-state index contributed by atoms with van der Waals surface area (Å²) in [7, 11) is 0. The summed E-state index contributed by atoms with van der Waals surface area (Å²) in [6, 6.07) is 19.2. The van der Waals surface area contributed by atoms with E-state index in [0.717, 1.165) is 5.92 Å². The van der Waals surface area contributed by atoms with Crippen molar-refractivity contribution in [1.29, 1.82) is 0 Å². The van der Waals surface area contributed by atoms with E-state index in [1.165, 1.54) is 119 Å². The molecule has 1 fully saturated rings. The zero-order valence-corrected chi connectivity index (χ0v) is 22.1. The van der Waals surface area contributed by atoms with Gasteiger partial charge in [-0.25, -0.2) is 0 Å². The molecule has 1 aliphatic rings. The van der Waals surface area contributed by atoms with Crippen molar-refractivity contribution in [2.24, 2.45) is 5.92 Å². The normalized spacial score (nSPS) is 15.0. The lowest BCUT2D eigenvalue weighted by molar-refractivity contribution is 0.485. The van der Waals surface area contributed by atoms with Gasteiger partial charge in [0.2, 0.25) is 0 Å². The van der Waals surface area contributed by atoms with Crippen LogP contribution in [0.25, 0.3) is 41.7 Å². The Hall–Kier alpha value is -1.90. The monoisotopic (exact) mass is 484 g/mol. The van der Waals surface area contributed by atoms with Gasteiger partial charge in [-0.05, 0) is 77.4 Å². The molecule has 3 aromatic carbocycles. The Bertz CT molecular complexity index is 1430. The molecule has 0 atom stereocenters. The highest BCUT2D eigenvalue weighted by Gasteiger charge is 2.15. The van der Waals surface area contributed by atoms with Crippen LogP contribution in [0.3, 0.4) is 0 Å².